The number of fused-ring (bicyclic) bond motifs is 1. The van der Waals surface area contributed by atoms with Crippen molar-refractivity contribution in [3.63, 3.8) is 0 Å². The van der Waals surface area contributed by atoms with Gasteiger partial charge in [-0.1, -0.05) is 19.1 Å². The number of para-hydroxylation sites is 1. The Kier molecular flexibility index (Phi) is 2.86. The van der Waals surface area contributed by atoms with E-state index in [-0.39, 0.29) is 28.8 Å². The molecule has 2 aliphatic rings. The highest BCUT2D eigenvalue weighted by Crippen LogP contribution is 2.42. The molecule has 4 nitrogen and oxygen atoms in total. The van der Waals surface area contributed by atoms with Gasteiger partial charge in [0.1, 0.15) is 17.3 Å². The van der Waals surface area contributed by atoms with E-state index >= 15 is 0 Å². The number of hydrogen-bond donors (Lipinski definition) is 2. The molecule has 0 fully saturated rings. The van der Waals surface area contributed by atoms with Gasteiger partial charge in [-0.2, -0.15) is 0 Å². The van der Waals surface area contributed by atoms with Crippen LogP contribution in [0.3, 0.4) is 0 Å². The molecule has 1 aromatic rings. The maximum atomic E-state index is 12.6. The Bertz CT molecular complexity index is 679. The first-order valence-electron chi connectivity index (χ1n) is 6.42. The maximum absolute atomic E-state index is 12.6. The summed E-state index contributed by atoms with van der Waals surface area (Å²) in [6, 6.07) is 6.43. The summed E-state index contributed by atoms with van der Waals surface area (Å²) in [7, 11) is 0. The number of ketones is 1. The number of phenolic OH excluding ortho intramolecular Hbond substituents is 1. The number of benzene rings is 1. The Morgan fingerprint density at radius 1 is 1.30 bits per heavy atom. The lowest BCUT2D eigenvalue weighted by atomic mass is 9.95. The van der Waals surface area contributed by atoms with Crippen LogP contribution in [0.1, 0.15) is 23.7 Å². The number of Topliss-reactive ketones (excluding diaryl/α,β-unsaturated/α-hetero) is 1. The molecular formula is C16H14O4. The number of rotatable bonds is 2. The summed E-state index contributed by atoms with van der Waals surface area (Å²) in [6.07, 6.45) is 3.39. The zero-order valence-corrected chi connectivity index (χ0v) is 11.0. The third-order valence-corrected chi connectivity index (χ3v) is 3.64. The summed E-state index contributed by atoms with van der Waals surface area (Å²) in [5, 5.41) is 19.7. The van der Waals surface area contributed by atoms with E-state index in [0.717, 1.165) is 0 Å². The lowest BCUT2D eigenvalue weighted by Crippen LogP contribution is -2.10. The van der Waals surface area contributed by atoms with Crippen molar-refractivity contribution >= 4 is 5.78 Å². The minimum Gasteiger partial charge on any atom is -0.507 e. The van der Waals surface area contributed by atoms with Crippen molar-refractivity contribution in [2.24, 2.45) is 5.92 Å². The lowest BCUT2D eigenvalue weighted by Gasteiger charge is -2.12. The molecule has 0 spiro atoms. The first-order valence-corrected chi connectivity index (χ1v) is 6.42. The van der Waals surface area contributed by atoms with Crippen molar-refractivity contribution in [3.8, 4) is 5.75 Å². The normalized spacial score (nSPS) is 20.9. The van der Waals surface area contributed by atoms with E-state index in [9.17, 15) is 15.0 Å². The molecule has 0 bridgehead atoms. The van der Waals surface area contributed by atoms with Crippen LogP contribution in [0.25, 0.3) is 0 Å². The topological polar surface area (TPSA) is 66.8 Å². The molecule has 1 aromatic carbocycles. The fraction of sp³-hybridized carbons (Fsp3) is 0.188. The van der Waals surface area contributed by atoms with Gasteiger partial charge in [-0.15, -0.1) is 0 Å². The third-order valence-electron chi connectivity index (χ3n) is 3.64. The largest absolute Gasteiger partial charge is 0.507 e. The first-order chi connectivity index (χ1) is 9.59. The monoisotopic (exact) mass is 270 g/mol. The van der Waals surface area contributed by atoms with Gasteiger partial charge in [0, 0.05) is 17.2 Å². The Morgan fingerprint density at radius 2 is 2.05 bits per heavy atom. The van der Waals surface area contributed by atoms with Crippen molar-refractivity contribution in [1.82, 2.24) is 0 Å². The molecule has 0 saturated carbocycles. The highest BCUT2D eigenvalue weighted by Gasteiger charge is 2.36. The van der Waals surface area contributed by atoms with E-state index in [1.807, 2.05) is 6.92 Å². The van der Waals surface area contributed by atoms with Gasteiger partial charge < -0.3 is 14.9 Å². The number of allylic oxidation sites excluding steroid dienone is 3. The Balaban J connectivity index is 2.10. The van der Waals surface area contributed by atoms with E-state index in [4.69, 9.17) is 4.74 Å². The van der Waals surface area contributed by atoms with Crippen LogP contribution in [0, 0.1) is 5.92 Å². The van der Waals surface area contributed by atoms with Crippen LogP contribution in [0.15, 0.2) is 59.3 Å². The first kappa shape index (κ1) is 12.5. The predicted octanol–water partition coefficient (Wildman–Crippen LogP) is 3.22. The van der Waals surface area contributed by atoms with Crippen molar-refractivity contribution < 1.29 is 19.7 Å². The van der Waals surface area contributed by atoms with Gasteiger partial charge in [0.05, 0.1) is 11.8 Å². The van der Waals surface area contributed by atoms with Crippen molar-refractivity contribution in [1.29, 1.82) is 0 Å². The number of hydrogen-bond acceptors (Lipinski definition) is 4. The minimum absolute atomic E-state index is 0.0502. The molecule has 1 heterocycles. The zero-order valence-electron chi connectivity index (χ0n) is 11.0. The van der Waals surface area contributed by atoms with E-state index in [1.54, 1.807) is 18.2 Å². The highest BCUT2D eigenvalue weighted by atomic mass is 16.5. The highest BCUT2D eigenvalue weighted by molar-refractivity contribution is 6.11. The summed E-state index contributed by atoms with van der Waals surface area (Å²) >= 11 is 0. The molecule has 4 heteroatoms. The molecule has 3 rings (SSSR count). The number of ether oxygens (including phenoxy) is 1. The molecule has 0 amide bonds. The van der Waals surface area contributed by atoms with Crippen molar-refractivity contribution in [3.05, 3.63) is 64.8 Å². The molecule has 102 valence electrons. The van der Waals surface area contributed by atoms with Gasteiger partial charge in [0.25, 0.3) is 0 Å². The predicted molar refractivity (Wildman–Crippen MR) is 73.1 cm³/mol. The quantitative estimate of drug-likeness (QED) is 0.810. The second kappa shape index (κ2) is 4.56. The standard InChI is InChI=1S/C16H14O4/c1-9-8-11-13(18)6-7-20-16(11)14(9)15(19)10-4-2-3-5-12(10)17/h2-7,9,17-18H,8H2,1H3. The van der Waals surface area contributed by atoms with E-state index in [0.29, 0.717) is 23.3 Å². The lowest BCUT2D eigenvalue weighted by molar-refractivity contribution is 0.101. The second-order valence-electron chi connectivity index (χ2n) is 4.98. The Morgan fingerprint density at radius 3 is 2.80 bits per heavy atom. The average Bonchev–Trinajstić information content (AvgIpc) is 2.76. The zero-order chi connectivity index (χ0) is 14.3. The van der Waals surface area contributed by atoms with E-state index in [2.05, 4.69) is 0 Å². The number of carbonyl (C=O) groups is 1. The molecule has 0 saturated heterocycles. The number of carbonyl (C=O) groups excluding carboxylic acids is 1. The molecule has 2 N–H and O–H groups in total. The second-order valence-corrected chi connectivity index (χ2v) is 4.98. The van der Waals surface area contributed by atoms with Gasteiger partial charge in [0.2, 0.25) is 0 Å². The number of aliphatic hydroxyl groups excluding tert-OH is 1. The molecule has 20 heavy (non-hydrogen) atoms. The smallest absolute Gasteiger partial charge is 0.196 e. The van der Waals surface area contributed by atoms with Crippen LogP contribution in [0.2, 0.25) is 0 Å². The van der Waals surface area contributed by atoms with Crippen molar-refractivity contribution in [2.45, 2.75) is 13.3 Å². The third kappa shape index (κ3) is 1.81. The maximum Gasteiger partial charge on any atom is 0.196 e. The van der Waals surface area contributed by atoms with Gasteiger partial charge in [-0.05, 0) is 24.5 Å². The molecule has 1 aliphatic carbocycles. The van der Waals surface area contributed by atoms with Crippen LogP contribution in [-0.2, 0) is 4.74 Å². The fourth-order valence-electron chi connectivity index (χ4n) is 2.65. The summed E-state index contributed by atoms with van der Waals surface area (Å²) in [6.45, 7) is 1.90. The van der Waals surface area contributed by atoms with Gasteiger partial charge in [0.15, 0.2) is 5.78 Å². The van der Waals surface area contributed by atoms with Crippen LogP contribution in [0.5, 0.6) is 5.75 Å². The molecule has 1 atom stereocenters. The minimum atomic E-state index is -0.260. The van der Waals surface area contributed by atoms with E-state index in [1.165, 1.54) is 18.4 Å². The van der Waals surface area contributed by atoms with Crippen molar-refractivity contribution in [2.75, 3.05) is 0 Å². The Labute approximate surface area is 116 Å². The summed E-state index contributed by atoms with van der Waals surface area (Å²) < 4.78 is 5.42. The number of phenols is 1. The molecule has 0 aromatic heterocycles. The van der Waals surface area contributed by atoms with Gasteiger partial charge in [-0.25, -0.2) is 0 Å². The van der Waals surface area contributed by atoms with Crippen LogP contribution in [-0.4, -0.2) is 16.0 Å². The molecule has 1 unspecified atom stereocenters. The van der Waals surface area contributed by atoms with Crippen LogP contribution < -0.4 is 0 Å². The number of aliphatic hydroxyl groups is 1. The van der Waals surface area contributed by atoms with Crippen LogP contribution in [0.4, 0.5) is 0 Å². The average molecular weight is 270 g/mol. The summed E-state index contributed by atoms with van der Waals surface area (Å²) in [5.74, 6) is 0.188. The Hall–Kier alpha value is -2.49. The van der Waals surface area contributed by atoms with E-state index < -0.39 is 0 Å². The summed E-state index contributed by atoms with van der Waals surface area (Å²) in [4.78, 5) is 12.6. The van der Waals surface area contributed by atoms with Gasteiger partial charge >= 0.3 is 0 Å². The SMILES string of the molecule is CC1CC2=C(O)C=COC2=C1C(=O)c1ccccc1O. The molecular weight excluding hydrogens is 256 g/mol. The fourth-order valence-corrected chi connectivity index (χ4v) is 2.65. The molecule has 1 aliphatic heterocycles. The van der Waals surface area contributed by atoms with Crippen LogP contribution >= 0.6 is 0 Å². The molecule has 0 radical (unpaired) electrons. The summed E-state index contributed by atoms with van der Waals surface area (Å²) in [5.41, 5.74) is 1.40. The number of aromatic hydroxyl groups is 1. The van der Waals surface area contributed by atoms with Gasteiger partial charge in [-0.3, -0.25) is 4.79 Å².